The molecule has 6 heteroatoms. The van der Waals surface area contributed by atoms with Gasteiger partial charge in [0.2, 0.25) is 5.91 Å². The highest BCUT2D eigenvalue weighted by atomic mass is 16.3. The zero-order valence-electron chi connectivity index (χ0n) is 13.6. The van der Waals surface area contributed by atoms with Crippen LogP contribution in [0.1, 0.15) is 12.8 Å². The molecule has 1 N–H and O–H groups in total. The average molecular weight is 318 g/mol. The molecule has 3 rings (SSSR count). The maximum absolute atomic E-state index is 12.4. The van der Waals surface area contributed by atoms with Gasteiger partial charge in [0.05, 0.1) is 0 Å². The number of piperazine rings is 1. The SMILES string of the molecule is O=C(CCN1CCC(CO)C1)N1CCN(c2ccccn2)CC1. The van der Waals surface area contributed by atoms with Crippen LogP contribution in [0.25, 0.3) is 0 Å². The van der Waals surface area contributed by atoms with Gasteiger partial charge in [-0.25, -0.2) is 4.98 Å². The third-order valence-electron chi connectivity index (χ3n) is 4.88. The first-order chi connectivity index (χ1) is 11.3. The lowest BCUT2D eigenvalue weighted by molar-refractivity contribution is -0.131. The Bertz CT molecular complexity index is 503. The van der Waals surface area contributed by atoms with Crippen molar-refractivity contribution in [1.82, 2.24) is 14.8 Å². The Morgan fingerprint density at radius 1 is 1.22 bits per heavy atom. The molecule has 2 aliphatic rings. The molecular formula is C17H26N4O2. The Morgan fingerprint density at radius 2 is 2.04 bits per heavy atom. The maximum atomic E-state index is 12.4. The van der Waals surface area contributed by atoms with Crippen LogP contribution in [0.2, 0.25) is 0 Å². The van der Waals surface area contributed by atoms with Gasteiger partial charge >= 0.3 is 0 Å². The molecule has 0 radical (unpaired) electrons. The second-order valence-corrected chi connectivity index (χ2v) is 6.44. The molecule has 2 fully saturated rings. The van der Waals surface area contributed by atoms with Gasteiger partial charge in [0, 0.05) is 58.5 Å². The number of carbonyl (C=O) groups excluding carboxylic acids is 1. The molecule has 6 nitrogen and oxygen atoms in total. The minimum atomic E-state index is 0.248. The van der Waals surface area contributed by atoms with Crippen molar-refractivity contribution in [3.63, 3.8) is 0 Å². The van der Waals surface area contributed by atoms with Gasteiger partial charge in [0.25, 0.3) is 0 Å². The summed E-state index contributed by atoms with van der Waals surface area (Å²) in [4.78, 5) is 23.2. The molecule has 126 valence electrons. The van der Waals surface area contributed by atoms with E-state index >= 15 is 0 Å². The number of amides is 1. The lowest BCUT2D eigenvalue weighted by Crippen LogP contribution is -2.49. The first kappa shape index (κ1) is 16.2. The molecule has 1 aromatic heterocycles. The van der Waals surface area contributed by atoms with Crippen molar-refractivity contribution in [3.05, 3.63) is 24.4 Å². The van der Waals surface area contributed by atoms with Gasteiger partial charge in [-0.1, -0.05) is 6.07 Å². The smallest absolute Gasteiger partial charge is 0.223 e. The van der Waals surface area contributed by atoms with E-state index in [0.29, 0.717) is 12.3 Å². The summed E-state index contributed by atoms with van der Waals surface area (Å²) < 4.78 is 0. The van der Waals surface area contributed by atoms with E-state index < -0.39 is 0 Å². The van der Waals surface area contributed by atoms with E-state index in [1.165, 1.54) is 0 Å². The Morgan fingerprint density at radius 3 is 2.70 bits per heavy atom. The van der Waals surface area contributed by atoms with Gasteiger partial charge in [-0.15, -0.1) is 0 Å². The van der Waals surface area contributed by atoms with Crippen LogP contribution in [0.5, 0.6) is 0 Å². The number of hydrogen-bond donors (Lipinski definition) is 1. The first-order valence-electron chi connectivity index (χ1n) is 8.53. The summed E-state index contributed by atoms with van der Waals surface area (Å²) in [6.45, 7) is 6.25. The van der Waals surface area contributed by atoms with Gasteiger partial charge in [0.1, 0.15) is 5.82 Å². The number of aliphatic hydroxyl groups is 1. The topological polar surface area (TPSA) is 59.9 Å². The van der Waals surface area contributed by atoms with Crippen molar-refractivity contribution in [2.24, 2.45) is 5.92 Å². The molecule has 1 atom stereocenters. The predicted octanol–water partition coefficient (Wildman–Crippen LogP) is 0.435. The summed E-state index contributed by atoms with van der Waals surface area (Å²) in [5.74, 6) is 1.64. The lowest BCUT2D eigenvalue weighted by Gasteiger charge is -2.35. The highest BCUT2D eigenvalue weighted by Gasteiger charge is 2.25. The molecule has 1 unspecified atom stereocenters. The van der Waals surface area contributed by atoms with Crippen molar-refractivity contribution in [1.29, 1.82) is 0 Å². The third-order valence-corrected chi connectivity index (χ3v) is 4.88. The first-order valence-corrected chi connectivity index (χ1v) is 8.53. The normalized spacial score (nSPS) is 22.6. The van der Waals surface area contributed by atoms with Crippen molar-refractivity contribution < 1.29 is 9.90 Å². The summed E-state index contributed by atoms with van der Waals surface area (Å²) >= 11 is 0. The van der Waals surface area contributed by atoms with E-state index in [1.807, 2.05) is 29.3 Å². The minimum Gasteiger partial charge on any atom is -0.396 e. The Balaban J connectivity index is 1.40. The van der Waals surface area contributed by atoms with Gasteiger partial charge in [-0.2, -0.15) is 0 Å². The van der Waals surface area contributed by atoms with E-state index in [9.17, 15) is 9.90 Å². The number of aliphatic hydroxyl groups excluding tert-OH is 1. The zero-order valence-corrected chi connectivity index (χ0v) is 13.6. The van der Waals surface area contributed by atoms with Crippen molar-refractivity contribution in [2.45, 2.75) is 12.8 Å². The zero-order chi connectivity index (χ0) is 16.1. The summed E-state index contributed by atoms with van der Waals surface area (Å²) in [7, 11) is 0. The predicted molar refractivity (Wildman–Crippen MR) is 89.3 cm³/mol. The fourth-order valence-corrected chi connectivity index (χ4v) is 3.40. The second kappa shape index (κ2) is 7.75. The van der Waals surface area contributed by atoms with Crippen LogP contribution in [0.4, 0.5) is 5.82 Å². The summed E-state index contributed by atoms with van der Waals surface area (Å²) in [6, 6.07) is 5.93. The molecule has 0 bridgehead atoms. The average Bonchev–Trinajstić information content (AvgIpc) is 3.09. The molecule has 0 aromatic carbocycles. The van der Waals surface area contributed by atoms with E-state index in [4.69, 9.17) is 0 Å². The largest absolute Gasteiger partial charge is 0.396 e. The molecule has 0 saturated carbocycles. The van der Waals surface area contributed by atoms with E-state index in [2.05, 4.69) is 14.8 Å². The highest BCUT2D eigenvalue weighted by Crippen LogP contribution is 2.16. The van der Waals surface area contributed by atoms with Crippen LogP contribution in [0, 0.1) is 5.92 Å². The van der Waals surface area contributed by atoms with E-state index in [0.717, 1.165) is 58.1 Å². The quantitative estimate of drug-likeness (QED) is 0.853. The van der Waals surface area contributed by atoms with Crippen LogP contribution < -0.4 is 4.90 Å². The molecular weight excluding hydrogens is 292 g/mol. The van der Waals surface area contributed by atoms with Crippen molar-refractivity contribution in [2.75, 3.05) is 57.3 Å². The van der Waals surface area contributed by atoms with Gasteiger partial charge in [0.15, 0.2) is 0 Å². The standard InChI is InChI=1S/C17H26N4O2/c22-14-15-4-7-19(13-15)8-5-17(23)21-11-9-20(10-12-21)16-3-1-2-6-18-16/h1-3,6,15,22H,4-5,7-14H2. The third kappa shape index (κ3) is 4.20. The number of likely N-dealkylation sites (tertiary alicyclic amines) is 1. The number of nitrogens with zero attached hydrogens (tertiary/aromatic N) is 4. The Labute approximate surface area is 137 Å². The minimum absolute atomic E-state index is 0.248. The molecule has 1 amide bonds. The number of rotatable bonds is 5. The summed E-state index contributed by atoms with van der Waals surface area (Å²) in [6.07, 6.45) is 3.44. The van der Waals surface area contributed by atoms with Crippen LogP contribution >= 0.6 is 0 Å². The van der Waals surface area contributed by atoms with E-state index in [1.54, 1.807) is 0 Å². The van der Waals surface area contributed by atoms with Crippen LogP contribution in [0.3, 0.4) is 0 Å². The molecule has 2 saturated heterocycles. The highest BCUT2D eigenvalue weighted by molar-refractivity contribution is 5.76. The number of pyridine rings is 1. The second-order valence-electron chi connectivity index (χ2n) is 6.44. The van der Waals surface area contributed by atoms with Crippen molar-refractivity contribution in [3.8, 4) is 0 Å². The van der Waals surface area contributed by atoms with Gasteiger partial charge in [-0.3, -0.25) is 4.79 Å². The van der Waals surface area contributed by atoms with Gasteiger partial charge in [-0.05, 0) is 31.0 Å². The molecule has 0 spiro atoms. The molecule has 23 heavy (non-hydrogen) atoms. The van der Waals surface area contributed by atoms with Crippen LogP contribution in [0.15, 0.2) is 24.4 Å². The number of hydrogen-bond acceptors (Lipinski definition) is 5. The Kier molecular flexibility index (Phi) is 5.46. The van der Waals surface area contributed by atoms with Crippen LogP contribution in [-0.2, 0) is 4.79 Å². The monoisotopic (exact) mass is 318 g/mol. The van der Waals surface area contributed by atoms with Gasteiger partial charge < -0.3 is 19.8 Å². The number of anilines is 1. The fraction of sp³-hybridized carbons (Fsp3) is 0.647. The summed E-state index contributed by atoms with van der Waals surface area (Å²) in [5.41, 5.74) is 0. The van der Waals surface area contributed by atoms with E-state index in [-0.39, 0.29) is 12.5 Å². The van der Waals surface area contributed by atoms with Crippen molar-refractivity contribution >= 4 is 11.7 Å². The lowest BCUT2D eigenvalue weighted by atomic mass is 10.1. The molecule has 3 heterocycles. The van der Waals surface area contributed by atoms with Crippen LogP contribution in [-0.4, -0.2) is 78.2 Å². The molecule has 2 aliphatic heterocycles. The maximum Gasteiger partial charge on any atom is 0.223 e. The number of aromatic nitrogens is 1. The summed E-state index contributed by atoms with van der Waals surface area (Å²) in [5, 5.41) is 9.17. The molecule has 1 aromatic rings. The number of carbonyl (C=O) groups is 1. The fourth-order valence-electron chi connectivity index (χ4n) is 3.40. The molecule has 0 aliphatic carbocycles. The Hall–Kier alpha value is -1.66.